The van der Waals surface area contributed by atoms with Crippen molar-refractivity contribution in [2.45, 2.75) is 6.54 Å². The van der Waals surface area contributed by atoms with Crippen LogP contribution in [0.1, 0.15) is 5.56 Å². The summed E-state index contributed by atoms with van der Waals surface area (Å²) in [5, 5.41) is 0. The molecule has 0 bridgehead atoms. The van der Waals surface area contributed by atoms with Crippen molar-refractivity contribution in [2.75, 3.05) is 18.7 Å². The highest BCUT2D eigenvalue weighted by Crippen LogP contribution is 2.40. The number of ether oxygens (including phenoxy) is 2. The molecule has 1 aliphatic rings. The van der Waals surface area contributed by atoms with Crippen LogP contribution in [0.5, 0.6) is 11.5 Å². The Hall–Kier alpha value is -2.16. The second kappa shape index (κ2) is 4.61. The lowest BCUT2D eigenvalue weighted by molar-refractivity contribution is 0.174. The van der Waals surface area contributed by atoms with E-state index >= 15 is 0 Å². The molecule has 3 rings (SSSR count). The molecule has 0 aliphatic carbocycles. The molecule has 0 aromatic heterocycles. The standard InChI is InChI=1S/C15H15NO2/c1-16(10-12-6-3-2-4-7-12)13-8-5-9-14-15(13)18-11-17-14/h2-9H,10-11H2,1H3. The minimum atomic E-state index is 0.311. The lowest BCUT2D eigenvalue weighted by atomic mass is 10.2. The fourth-order valence-electron chi connectivity index (χ4n) is 2.16. The summed E-state index contributed by atoms with van der Waals surface area (Å²) in [6.07, 6.45) is 0. The van der Waals surface area contributed by atoms with Crippen LogP contribution in [-0.2, 0) is 6.54 Å². The Morgan fingerprint density at radius 2 is 1.83 bits per heavy atom. The van der Waals surface area contributed by atoms with E-state index in [1.165, 1.54) is 5.56 Å². The number of fused-ring (bicyclic) bond motifs is 1. The van der Waals surface area contributed by atoms with Gasteiger partial charge in [-0.25, -0.2) is 0 Å². The molecule has 1 heterocycles. The van der Waals surface area contributed by atoms with Crippen molar-refractivity contribution in [2.24, 2.45) is 0 Å². The van der Waals surface area contributed by atoms with E-state index in [1.807, 2.05) is 18.2 Å². The SMILES string of the molecule is CN(Cc1ccccc1)c1cccc2c1OCO2. The largest absolute Gasteiger partial charge is 0.454 e. The first-order chi connectivity index (χ1) is 8.84. The monoisotopic (exact) mass is 241 g/mol. The van der Waals surface area contributed by atoms with Gasteiger partial charge in [0, 0.05) is 13.6 Å². The molecule has 92 valence electrons. The number of anilines is 1. The first-order valence-electron chi connectivity index (χ1n) is 5.98. The molecule has 0 atom stereocenters. The Labute approximate surface area is 107 Å². The maximum Gasteiger partial charge on any atom is 0.231 e. The number of hydrogen-bond donors (Lipinski definition) is 0. The molecule has 3 nitrogen and oxygen atoms in total. The highest BCUT2D eigenvalue weighted by atomic mass is 16.7. The molecule has 0 unspecified atom stereocenters. The summed E-state index contributed by atoms with van der Waals surface area (Å²) in [6, 6.07) is 16.4. The van der Waals surface area contributed by atoms with Gasteiger partial charge in [-0.3, -0.25) is 0 Å². The van der Waals surface area contributed by atoms with Crippen LogP contribution in [-0.4, -0.2) is 13.8 Å². The highest BCUT2D eigenvalue weighted by molar-refractivity contribution is 5.65. The van der Waals surface area contributed by atoms with Crippen LogP contribution in [0.25, 0.3) is 0 Å². The summed E-state index contributed by atoms with van der Waals surface area (Å²) in [7, 11) is 2.06. The Balaban J connectivity index is 1.85. The minimum Gasteiger partial charge on any atom is -0.454 e. The molecule has 0 amide bonds. The predicted octanol–water partition coefficient (Wildman–Crippen LogP) is 3.05. The summed E-state index contributed by atoms with van der Waals surface area (Å²) in [4.78, 5) is 2.17. The smallest absolute Gasteiger partial charge is 0.231 e. The van der Waals surface area contributed by atoms with Crippen LogP contribution in [0.3, 0.4) is 0 Å². The lowest BCUT2D eigenvalue weighted by Crippen LogP contribution is -2.16. The molecular formula is C15H15NO2. The summed E-state index contributed by atoms with van der Waals surface area (Å²) in [5.41, 5.74) is 2.34. The molecule has 2 aromatic carbocycles. The maximum atomic E-state index is 5.52. The normalized spacial score (nSPS) is 12.5. The Morgan fingerprint density at radius 3 is 2.67 bits per heavy atom. The van der Waals surface area contributed by atoms with Gasteiger partial charge < -0.3 is 14.4 Å². The van der Waals surface area contributed by atoms with Crippen molar-refractivity contribution in [1.29, 1.82) is 0 Å². The molecule has 2 aromatic rings. The molecule has 0 N–H and O–H groups in total. The van der Waals surface area contributed by atoms with Gasteiger partial charge in [0.25, 0.3) is 0 Å². The van der Waals surface area contributed by atoms with Crippen LogP contribution in [0.15, 0.2) is 48.5 Å². The molecule has 0 spiro atoms. The zero-order valence-electron chi connectivity index (χ0n) is 10.3. The van der Waals surface area contributed by atoms with Crippen molar-refractivity contribution in [3.8, 4) is 11.5 Å². The Kier molecular flexibility index (Phi) is 2.81. The van der Waals surface area contributed by atoms with E-state index in [4.69, 9.17) is 9.47 Å². The van der Waals surface area contributed by atoms with E-state index in [-0.39, 0.29) is 0 Å². The number of benzene rings is 2. The minimum absolute atomic E-state index is 0.311. The first-order valence-corrected chi connectivity index (χ1v) is 5.98. The van der Waals surface area contributed by atoms with Crippen molar-refractivity contribution in [3.63, 3.8) is 0 Å². The molecule has 0 fully saturated rings. The molecule has 18 heavy (non-hydrogen) atoms. The van der Waals surface area contributed by atoms with Crippen molar-refractivity contribution >= 4 is 5.69 Å². The van der Waals surface area contributed by atoms with Gasteiger partial charge in [0.2, 0.25) is 6.79 Å². The van der Waals surface area contributed by atoms with Gasteiger partial charge in [-0.2, -0.15) is 0 Å². The fourth-order valence-corrected chi connectivity index (χ4v) is 2.16. The molecule has 0 radical (unpaired) electrons. The average molecular weight is 241 g/mol. The van der Waals surface area contributed by atoms with Crippen LogP contribution >= 0.6 is 0 Å². The topological polar surface area (TPSA) is 21.7 Å². The molecule has 0 saturated carbocycles. The average Bonchev–Trinajstić information content (AvgIpc) is 2.87. The van der Waals surface area contributed by atoms with Crippen molar-refractivity contribution in [3.05, 3.63) is 54.1 Å². The summed E-state index contributed by atoms with van der Waals surface area (Å²) < 4.78 is 10.9. The number of nitrogens with zero attached hydrogens (tertiary/aromatic N) is 1. The van der Waals surface area contributed by atoms with E-state index in [1.54, 1.807) is 0 Å². The molecule has 3 heteroatoms. The van der Waals surface area contributed by atoms with Gasteiger partial charge in [0.05, 0.1) is 5.69 Å². The third-order valence-corrected chi connectivity index (χ3v) is 3.05. The summed E-state index contributed by atoms with van der Waals surface area (Å²) in [5.74, 6) is 1.67. The zero-order valence-corrected chi connectivity index (χ0v) is 10.3. The number of hydrogen-bond acceptors (Lipinski definition) is 3. The van der Waals surface area contributed by atoms with Gasteiger partial charge in [0.1, 0.15) is 0 Å². The van der Waals surface area contributed by atoms with Gasteiger partial charge in [-0.15, -0.1) is 0 Å². The maximum absolute atomic E-state index is 5.52. The van der Waals surface area contributed by atoms with Crippen LogP contribution < -0.4 is 14.4 Å². The van der Waals surface area contributed by atoms with Crippen LogP contribution in [0, 0.1) is 0 Å². The van der Waals surface area contributed by atoms with Gasteiger partial charge in [0.15, 0.2) is 11.5 Å². The fraction of sp³-hybridized carbons (Fsp3) is 0.200. The van der Waals surface area contributed by atoms with Gasteiger partial charge in [-0.05, 0) is 17.7 Å². The van der Waals surface area contributed by atoms with Gasteiger partial charge in [-0.1, -0.05) is 36.4 Å². The molecule has 1 aliphatic heterocycles. The van der Waals surface area contributed by atoms with Gasteiger partial charge >= 0.3 is 0 Å². The lowest BCUT2D eigenvalue weighted by Gasteiger charge is -2.20. The third kappa shape index (κ3) is 1.99. The van der Waals surface area contributed by atoms with E-state index in [9.17, 15) is 0 Å². The van der Waals surface area contributed by atoms with Crippen LogP contribution in [0.4, 0.5) is 5.69 Å². The molecule has 0 saturated heterocycles. The highest BCUT2D eigenvalue weighted by Gasteiger charge is 2.19. The second-order valence-corrected chi connectivity index (χ2v) is 4.35. The van der Waals surface area contributed by atoms with Crippen LogP contribution in [0.2, 0.25) is 0 Å². The third-order valence-electron chi connectivity index (χ3n) is 3.05. The Bertz CT molecular complexity index is 539. The van der Waals surface area contributed by atoms with E-state index < -0.39 is 0 Å². The summed E-state index contributed by atoms with van der Waals surface area (Å²) in [6.45, 7) is 1.16. The quantitative estimate of drug-likeness (QED) is 0.824. The van der Waals surface area contributed by atoms with E-state index in [2.05, 4.69) is 42.3 Å². The number of para-hydroxylation sites is 1. The van der Waals surface area contributed by atoms with E-state index in [0.29, 0.717) is 6.79 Å². The predicted molar refractivity (Wildman–Crippen MR) is 71.1 cm³/mol. The zero-order chi connectivity index (χ0) is 12.4. The number of rotatable bonds is 3. The van der Waals surface area contributed by atoms with Crippen molar-refractivity contribution in [1.82, 2.24) is 0 Å². The summed E-state index contributed by atoms with van der Waals surface area (Å²) >= 11 is 0. The first kappa shape index (κ1) is 11.0. The second-order valence-electron chi connectivity index (χ2n) is 4.35. The Morgan fingerprint density at radius 1 is 1.00 bits per heavy atom. The molecular weight excluding hydrogens is 226 g/mol. The van der Waals surface area contributed by atoms with E-state index in [0.717, 1.165) is 23.7 Å². The van der Waals surface area contributed by atoms with Crippen molar-refractivity contribution < 1.29 is 9.47 Å².